The predicted octanol–water partition coefficient (Wildman–Crippen LogP) is 1.48. The third kappa shape index (κ3) is 2.69. The number of morpholine rings is 1. The number of nitrogens with zero attached hydrogens (tertiary/aromatic N) is 2. The summed E-state index contributed by atoms with van der Waals surface area (Å²) in [6.07, 6.45) is 4.23. The maximum Gasteiger partial charge on any atom is 0.244 e. The average molecular weight is 306 g/mol. The van der Waals surface area contributed by atoms with Crippen molar-refractivity contribution in [3.05, 3.63) is 29.3 Å². The Kier molecular flexibility index (Phi) is 3.98. The molecule has 1 aromatic carbocycles. The second-order valence-electron chi connectivity index (χ2n) is 5.47. The third-order valence-electron chi connectivity index (χ3n) is 4.15. The van der Waals surface area contributed by atoms with Gasteiger partial charge in [0.15, 0.2) is 0 Å². The van der Waals surface area contributed by atoms with Crippen LogP contribution in [0, 0.1) is 11.3 Å². The van der Waals surface area contributed by atoms with Gasteiger partial charge in [0.25, 0.3) is 0 Å². The molecule has 0 saturated carbocycles. The summed E-state index contributed by atoms with van der Waals surface area (Å²) in [7, 11) is -3.63. The molecule has 0 amide bonds. The molecule has 5 nitrogen and oxygen atoms in total. The van der Waals surface area contributed by atoms with E-state index in [2.05, 4.69) is 0 Å². The molecular formula is C15H18N2O3S. The summed E-state index contributed by atoms with van der Waals surface area (Å²) in [4.78, 5) is 0.297. The monoisotopic (exact) mass is 306 g/mol. The highest BCUT2D eigenvalue weighted by Gasteiger charge is 2.34. The van der Waals surface area contributed by atoms with Gasteiger partial charge in [0.05, 0.1) is 24.2 Å². The van der Waals surface area contributed by atoms with Gasteiger partial charge in [0, 0.05) is 6.54 Å². The van der Waals surface area contributed by atoms with Crippen LogP contribution in [0.1, 0.15) is 24.0 Å². The summed E-state index contributed by atoms with van der Waals surface area (Å²) in [6.45, 7) is 0.709. The van der Waals surface area contributed by atoms with Crippen molar-refractivity contribution in [2.45, 2.75) is 36.6 Å². The van der Waals surface area contributed by atoms with Crippen molar-refractivity contribution >= 4 is 10.0 Å². The second kappa shape index (κ2) is 5.76. The number of rotatable bonds is 2. The van der Waals surface area contributed by atoms with E-state index < -0.39 is 16.1 Å². The zero-order chi connectivity index (χ0) is 14.9. The topological polar surface area (TPSA) is 70.4 Å². The van der Waals surface area contributed by atoms with Crippen molar-refractivity contribution in [2.75, 3.05) is 19.8 Å². The van der Waals surface area contributed by atoms with Gasteiger partial charge in [-0.3, -0.25) is 0 Å². The van der Waals surface area contributed by atoms with Gasteiger partial charge in [-0.25, -0.2) is 8.42 Å². The molecule has 1 unspecified atom stereocenters. The first kappa shape index (κ1) is 14.5. The molecule has 1 atom stereocenters. The number of hydrogen-bond donors (Lipinski definition) is 0. The molecule has 2 aliphatic rings. The van der Waals surface area contributed by atoms with E-state index in [1.54, 1.807) is 12.1 Å². The maximum atomic E-state index is 12.8. The predicted molar refractivity (Wildman–Crippen MR) is 77.2 cm³/mol. The Morgan fingerprint density at radius 2 is 2.00 bits per heavy atom. The number of benzene rings is 1. The Labute approximate surface area is 125 Å². The van der Waals surface area contributed by atoms with Gasteiger partial charge < -0.3 is 4.74 Å². The molecule has 0 spiro atoms. The minimum atomic E-state index is -3.63. The molecule has 1 aromatic rings. The van der Waals surface area contributed by atoms with E-state index in [1.165, 1.54) is 16.3 Å². The number of fused-ring (bicyclic) bond motifs is 1. The normalized spacial score (nSPS) is 23.3. The molecule has 1 aliphatic carbocycles. The Morgan fingerprint density at radius 1 is 1.24 bits per heavy atom. The van der Waals surface area contributed by atoms with Crippen LogP contribution in [0.15, 0.2) is 23.1 Å². The molecule has 1 fully saturated rings. The van der Waals surface area contributed by atoms with Gasteiger partial charge in [-0.2, -0.15) is 9.57 Å². The highest BCUT2D eigenvalue weighted by Crippen LogP contribution is 2.27. The Balaban J connectivity index is 1.96. The molecule has 1 aliphatic heterocycles. The van der Waals surface area contributed by atoms with Gasteiger partial charge in [-0.1, -0.05) is 6.07 Å². The molecule has 21 heavy (non-hydrogen) atoms. The van der Waals surface area contributed by atoms with Crippen LogP contribution in [0.3, 0.4) is 0 Å². The Hall–Kier alpha value is -1.42. The molecule has 1 heterocycles. The van der Waals surface area contributed by atoms with E-state index >= 15 is 0 Å². The fraction of sp³-hybridized carbons (Fsp3) is 0.533. The number of aryl methyl sites for hydroxylation is 2. The molecule has 0 N–H and O–H groups in total. The highest BCUT2D eigenvalue weighted by atomic mass is 32.2. The fourth-order valence-electron chi connectivity index (χ4n) is 2.98. The smallest absolute Gasteiger partial charge is 0.244 e. The van der Waals surface area contributed by atoms with Crippen LogP contribution in [-0.2, 0) is 27.6 Å². The van der Waals surface area contributed by atoms with Crippen molar-refractivity contribution < 1.29 is 13.2 Å². The van der Waals surface area contributed by atoms with Gasteiger partial charge in [0.2, 0.25) is 10.0 Å². The molecule has 3 rings (SSSR count). The fourth-order valence-corrected chi connectivity index (χ4v) is 4.54. The number of nitriles is 1. The summed E-state index contributed by atoms with van der Waals surface area (Å²) in [5.74, 6) is 0. The second-order valence-corrected chi connectivity index (χ2v) is 7.36. The SMILES string of the molecule is N#CC1COCCN1S(=O)(=O)c1ccc2c(c1)CCCC2. The molecule has 0 bridgehead atoms. The van der Waals surface area contributed by atoms with Crippen LogP contribution in [0.4, 0.5) is 0 Å². The first-order chi connectivity index (χ1) is 10.1. The van der Waals surface area contributed by atoms with Crippen molar-refractivity contribution in [2.24, 2.45) is 0 Å². The molecular weight excluding hydrogens is 288 g/mol. The highest BCUT2D eigenvalue weighted by molar-refractivity contribution is 7.89. The largest absolute Gasteiger partial charge is 0.377 e. The zero-order valence-electron chi connectivity index (χ0n) is 11.8. The molecule has 112 valence electrons. The van der Waals surface area contributed by atoms with Crippen LogP contribution in [0.2, 0.25) is 0 Å². The summed E-state index contributed by atoms with van der Waals surface area (Å²) >= 11 is 0. The summed E-state index contributed by atoms with van der Waals surface area (Å²) in [6, 6.07) is 6.65. The molecule has 1 saturated heterocycles. The van der Waals surface area contributed by atoms with Crippen molar-refractivity contribution in [1.29, 1.82) is 5.26 Å². The lowest BCUT2D eigenvalue weighted by Gasteiger charge is -2.30. The van der Waals surface area contributed by atoms with E-state index in [4.69, 9.17) is 10.00 Å². The van der Waals surface area contributed by atoms with Crippen LogP contribution in [0.25, 0.3) is 0 Å². The quantitative estimate of drug-likeness (QED) is 0.830. The van der Waals surface area contributed by atoms with Crippen LogP contribution < -0.4 is 0 Å². The van der Waals surface area contributed by atoms with E-state index in [0.29, 0.717) is 11.5 Å². The first-order valence-electron chi connectivity index (χ1n) is 7.24. The number of sulfonamides is 1. The summed E-state index contributed by atoms with van der Waals surface area (Å²) in [5, 5.41) is 9.13. The van der Waals surface area contributed by atoms with E-state index in [9.17, 15) is 8.42 Å². The number of ether oxygens (including phenoxy) is 1. The standard InChI is InChI=1S/C15H18N2O3S/c16-10-14-11-20-8-7-17(14)21(18,19)15-6-5-12-3-1-2-4-13(12)9-15/h5-6,9,14H,1-4,7-8,11H2. The van der Waals surface area contributed by atoms with E-state index in [1.807, 2.05) is 12.1 Å². The van der Waals surface area contributed by atoms with Gasteiger partial charge >= 0.3 is 0 Å². The van der Waals surface area contributed by atoms with Crippen LogP contribution in [-0.4, -0.2) is 38.5 Å². The average Bonchev–Trinajstić information content (AvgIpc) is 2.54. The Bertz CT molecular complexity index is 679. The van der Waals surface area contributed by atoms with Crippen molar-refractivity contribution in [3.63, 3.8) is 0 Å². The number of hydrogen-bond acceptors (Lipinski definition) is 4. The van der Waals surface area contributed by atoms with Crippen LogP contribution >= 0.6 is 0 Å². The Morgan fingerprint density at radius 3 is 2.76 bits per heavy atom. The zero-order valence-corrected chi connectivity index (χ0v) is 12.6. The summed E-state index contributed by atoms with van der Waals surface area (Å²) < 4.78 is 32.0. The molecule has 6 heteroatoms. The van der Waals surface area contributed by atoms with Crippen molar-refractivity contribution in [3.8, 4) is 6.07 Å². The minimum absolute atomic E-state index is 0.140. The maximum absolute atomic E-state index is 12.8. The molecule has 0 aromatic heterocycles. The van der Waals surface area contributed by atoms with Gasteiger partial charge in [-0.05, 0) is 48.9 Å². The molecule has 0 radical (unpaired) electrons. The lowest BCUT2D eigenvalue weighted by molar-refractivity contribution is 0.0511. The van der Waals surface area contributed by atoms with E-state index in [0.717, 1.165) is 24.8 Å². The van der Waals surface area contributed by atoms with E-state index in [-0.39, 0.29) is 13.2 Å². The van der Waals surface area contributed by atoms with Gasteiger partial charge in [0.1, 0.15) is 6.04 Å². The van der Waals surface area contributed by atoms with Gasteiger partial charge in [-0.15, -0.1) is 0 Å². The minimum Gasteiger partial charge on any atom is -0.377 e. The lowest BCUT2D eigenvalue weighted by atomic mass is 9.92. The lowest BCUT2D eigenvalue weighted by Crippen LogP contribution is -2.47. The van der Waals surface area contributed by atoms with Crippen molar-refractivity contribution in [1.82, 2.24) is 4.31 Å². The summed E-state index contributed by atoms with van der Waals surface area (Å²) in [5.41, 5.74) is 2.38. The third-order valence-corrected chi connectivity index (χ3v) is 6.06. The first-order valence-corrected chi connectivity index (χ1v) is 8.68. The van der Waals surface area contributed by atoms with Crippen LogP contribution in [0.5, 0.6) is 0 Å².